The van der Waals surface area contributed by atoms with Gasteiger partial charge in [-0.25, -0.2) is 4.68 Å². The minimum absolute atomic E-state index is 0.149. The van der Waals surface area contributed by atoms with Crippen molar-refractivity contribution in [1.82, 2.24) is 19.6 Å². The van der Waals surface area contributed by atoms with Crippen molar-refractivity contribution in [2.24, 2.45) is 0 Å². The number of piperazine rings is 1. The number of aromatic nitrogens is 2. The molecule has 0 unspecified atom stereocenters. The normalized spacial score (nSPS) is 15.8. The van der Waals surface area contributed by atoms with Crippen molar-refractivity contribution in [3.63, 3.8) is 0 Å². The highest BCUT2D eigenvalue weighted by atomic mass is 32.1. The third-order valence-electron chi connectivity index (χ3n) is 4.86. The summed E-state index contributed by atoms with van der Waals surface area (Å²) in [7, 11) is 0. The van der Waals surface area contributed by atoms with E-state index in [2.05, 4.69) is 16.9 Å². The molecule has 0 aliphatic carbocycles. The third kappa shape index (κ3) is 2.96. The van der Waals surface area contributed by atoms with Crippen LogP contribution in [0, 0.1) is 6.92 Å². The first-order valence-electron chi connectivity index (χ1n) is 8.73. The predicted molar refractivity (Wildman–Crippen MR) is 102 cm³/mol. The lowest BCUT2D eigenvalue weighted by molar-refractivity contribution is 0.0648. The number of para-hydroxylation sites is 1. The van der Waals surface area contributed by atoms with Crippen molar-refractivity contribution < 1.29 is 4.79 Å². The lowest BCUT2D eigenvalue weighted by Crippen LogP contribution is -2.48. The fourth-order valence-corrected chi connectivity index (χ4v) is 4.47. The summed E-state index contributed by atoms with van der Waals surface area (Å²) in [5.74, 6) is 0.149. The molecule has 1 amide bonds. The standard InChI is InChI=1S/C19H22N4OS/c1-3-21-9-11-22(12-10-21)18(24)17-13-16-14(2)20-23(19(16)25-17)15-7-5-4-6-8-15/h4-8,13H,3,9-12H2,1-2H3. The summed E-state index contributed by atoms with van der Waals surface area (Å²) >= 11 is 1.54. The summed E-state index contributed by atoms with van der Waals surface area (Å²) in [5.41, 5.74) is 1.99. The summed E-state index contributed by atoms with van der Waals surface area (Å²) in [6.45, 7) is 8.77. The van der Waals surface area contributed by atoms with Crippen LogP contribution in [0.25, 0.3) is 15.9 Å². The van der Waals surface area contributed by atoms with Crippen LogP contribution < -0.4 is 0 Å². The van der Waals surface area contributed by atoms with Crippen molar-refractivity contribution >= 4 is 27.5 Å². The Balaban J connectivity index is 1.65. The number of likely N-dealkylation sites (N-methyl/N-ethyl adjacent to an activating group) is 1. The number of rotatable bonds is 3. The first-order valence-corrected chi connectivity index (χ1v) is 9.55. The number of thiophene rings is 1. The number of hydrogen-bond donors (Lipinski definition) is 0. The van der Waals surface area contributed by atoms with Gasteiger partial charge in [-0.1, -0.05) is 25.1 Å². The fraction of sp³-hybridized carbons (Fsp3) is 0.368. The van der Waals surface area contributed by atoms with Gasteiger partial charge in [-0.15, -0.1) is 11.3 Å². The van der Waals surface area contributed by atoms with E-state index in [9.17, 15) is 4.79 Å². The Labute approximate surface area is 151 Å². The highest BCUT2D eigenvalue weighted by Gasteiger charge is 2.24. The molecule has 1 aliphatic rings. The van der Waals surface area contributed by atoms with E-state index < -0.39 is 0 Å². The smallest absolute Gasteiger partial charge is 0.264 e. The van der Waals surface area contributed by atoms with Gasteiger partial charge >= 0.3 is 0 Å². The third-order valence-corrected chi connectivity index (χ3v) is 5.96. The van der Waals surface area contributed by atoms with Crippen molar-refractivity contribution in [3.8, 4) is 5.69 Å². The molecule has 130 valence electrons. The van der Waals surface area contributed by atoms with E-state index in [-0.39, 0.29) is 5.91 Å². The molecular formula is C19H22N4OS. The van der Waals surface area contributed by atoms with E-state index in [0.29, 0.717) is 0 Å². The summed E-state index contributed by atoms with van der Waals surface area (Å²) < 4.78 is 1.95. The molecule has 0 radical (unpaired) electrons. The first-order chi connectivity index (χ1) is 12.2. The molecule has 3 aromatic rings. The quantitative estimate of drug-likeness (QED) is 0.725. The minimum atomic E-state index is 0.149. The van der Waals surface area contributed by atoms with E-state index in [1.807, 2.05) is 52.9 Å². The minimum Gasteiger partial charge on any atom is -0.335 e. The van der Waals surface area contributed by atoms with E-state index in [1.54, 1.807) is 11.3 Å². The van der Waals surface area contributed by atoms with Crippen LogP contribution in [0.15, 0.2) is 36.4 Å². The number of carbonyl (C=O) groups excluding carboxylic acids is 1. The zero-order valence-corrected chi connectivity index (χ0v) is 15.4. The van der Waals surface area contributed by atoms with Gasteiger partial charge in [0.1, 0.15) is 4.83 Å². The Morgan fingerprint density at radius 2 is 1.88 bits per heavy atom. The topological polar surface area (TPSA) is 41.4 Å². The zero-order chi connectivity index (χ0) is 17.4. The van der Waals surface area contributed by atoms with Crippen LogP contribution in [0.2, 0.25) is 0 Å². The largest absolute Gasteiger partial charge is 0.335 e. The number of hydrogen-bond acceptors (Lipinski definition) is 4. The zero-order valence-electron chi connectivity index (χ0n) is 14.6. The summed E-state index contributed by atoms with van der Waals surface area (Å²) in [6.07, 6.45) is 0. The highest BCUT2D eigenvalue weighted by Crippen LogP contribution is 2.31. The number of amides is 1. The lowest BCUT2D eigenvalue weighted by Gasteiger charge is -2.33. The number of nitrogens with zero attached hydrogens (tertiary/aromatic N) is 4. The van der Waals surface area contributed by atoms with Crippen LogP contribution in [0.3, 0.4) is 0 Å². The fourth-order valence-electron chi connectivity index (χ4n) is 3.32. The van der Waals surface area contributed by atoms with E-state index >= 15 is 0 Å². The molecule has 0 N–H and O–H groups in total. The Morgan fingerprint density at radius 3 is 2.56 bits per heavy atom. The van der Waals surface area contributed by atoms with Gasteiger partial charge in [-0.3, -0.25) is 4.79 Å². The van der Waals surface area contributed by atoms with Crippen LogP contribution >= 0.6 is 11.3 Å². The molecular weight excluding hydrogens is 332 g/mol. The SMILES string of the molecule is CCN1CCN(C(=O)c2cc3c(C)nn(-c4ccccc4)c3s2)CC1. The van der Waals surface area contributed by atoms with Gasteiger partial charge in [0.25, 0.3) is 5.91 Å². The molecule has 1 saturated heterocycles. The van der Waals surface area contributed by atoms with Gasteiger partial charge < -0.3 is 9.80 Å². The summed E-state index contributed by atoms with van der Waals surface area (Å²) in [4.78, 5) is 19.1. The molecule has 0 spiro atoms. The first kappa shape index (κ1) is 16.3. The van der Waals surface area contributed by atoms with Crippen molar-refractivity contribution in [3.05, 3.63) is 47.0 Å². The molecule has 0 atom stereocenters. The maximum absolute atomic E-state index is 12.9. The number of aryl methyl sites for hydroxylation is 1. The van der Waals surface area contributed by atoms with E-state index in [0.717, 1.165) is 59.2 Å². The van der Waals surface area contributed by atoms with Crippen LogP contribution in [-0.2, 0) is 0 Å². The van der Waals surface area contributed by atoms with Gasteiger partial charge in [0.2, 0.25) is 0 Å². The van der Waals surface area contributed by atoms with Gasteiger partial charge in [-0.2, -0.15) is 5.10 Å². The van der Waals surface area contributed by atoms with Gasteiger partial charge in [0, 0.05) is 31.6 Å². The van der Waals surface area contributed by atoms with Crippen molar-refractivity contribution in [2.75, 3.05) is 32.7 Å². The van der Waals surface area contributed by atoms with Crippen LogP contribution in [-0.4, -0.2) is 58.2 Å². The molecule has 5 nitrogen and oxygen atoms in total. The van der Waals surface area contributed by atoms with Crippen LogP contribution in [0.4, 0.5) is 0 Å². The van der Waals surface area contributed by atoms with Crippen molar-refractivity contribution in [2.45, 2.75) is 13.8 Å². The molecule has 1 fully saturated rings. The summed E-state index contributed by atoms with van der Waals surface area (Å²) in [6, 6.07) is 12.1. The summed E-state index contributed by atoms with van der Waals surface area (Å²) in [5, 5.41) is 5.72. The Kier molecular flexibility index (Phi) is 4.31. The molecule has 6 heteroatoms. The van der Waals surface area contributed by atoms with E-state index in [4.69, 9.17) is 0 Å². The molecule has 25 heavy (non-hydrogen) atoms. The molecule has 4 rings (SSSR count). The van der Waals surface area contributed by atoms with Crippen LogP contribution in [0.1, 0.15) is 22.3 Å². The molecule has 2 aromatic heterocycles. The second-order valence-electron chi connectivity index (χ2n) is 6.39. The van der Waals surface area contributed by atoms with Gasteiger partial charge in [-0.05, 0) is 31.7 Å². The molecule has 0 bridgehead atoms. The van der Waals surface area contributed by atoms with Gasteiger partial charge in [0.15, 0.2) is 0 Å². The second kappa shape index (κ2) is 6.61. The Bertz CT molecular complexity index is 891. The molecule has 1 aliphatic heterocycles. The van der Waals surface area contributed by atoms with Gasteiger partial charge in [0.05, 0.1) is 16.3 Å². The molecule has 0 saturated carbocycles. The average molecular weight is 354 g/mol. The predicted octanol–water partition coefficient (Wildman–Crippen LogP) is 3.17. The highest BCUT2D eigenvalue weighted by molar-refractivity contribution is 7.20. The second-order valence-corrected chi connectivity index (χ2v) is 7.42. The number of fused-ring (bicyclic) bond motifs is 1. The molecule has 3 heterocycles. The number of benzene rings is 1. The van der Waals surface area contributed by atoms with Crippen LogP contribution in [0.5, 0.6) is 0 Å². The van der Waals surface area contributed by atoms with Crippen molar-refractivity contribution in [1.29, 1.82) is 0 Å². The molecule has 1 aromatic carbocycles. The Hall–Kier alpha value is -2.18. The maximum atomic E-state index is 12.9. The van der Waals surface area contributed by atoms with E-state index in [1.165, 1.54) is 0 Å². The average Bonchev–Trinajstić information content (AvgIpc) is 3.23. The number of carbonyl (C=O) groups is 1. The Morgan fingerprint density at radius 1 is 1.16 bits per heavy atom. The maximum Gasteiger partial charge on any atom is 0.264 e. The monoisotopic (exact) mass is 354 g/mol. The lowest BCUT2D eigenvalue weighted by atomic mass is 10.2.